The third kappa shape index (κ3) is 4.03. The fourth-order valence-corrected chi connectivity index (χ4v) is 1.38. The van der Waals surface area contributed by atoms with Crippen LogP contribution in [0.1, 0.15) is 19.4 Å². The summed E-state index contributed by atoms with van der Waals surface area (Å²) < 4.78 is 0. The zero-order valence-corrected chi connectivity index (χ0v) is 9.81. The van der Waals surface area contributed by atoms with Crippen molar-refractivity contribution in [1.82, 2.24) is 5.32 Å². The molecule has 1 aromatic carbocycles. The van der Waals surface area contributed by atoms with E-state index < -0.39 is 6.10 Å². The summed E-state index contributed by atoms with van der Waals surface area (Å²) in [6, 6.07) is 9.95. The Balaban J connectivity index is 2.28. The summed E-state index contributed by atoms with van der Waals surface area (Å²) >= 11 is 0. The van der Waals surface area contributed by atoms with Crippen LogP contribution in [-0.2, 0) is 11.2 Å². The Morgan fingerprint density at radius 1 is 1.31 bits per heavy atom. The van der Waals surface area contributed by atoms with Crippen molar-refractivity contribution in [2.24, 2.45) is 5.92 Å². The first kappa shape index (κ1) is 12.7. The van der Waals surface area contributed by atoms with Gasteiger partial charge in [0.15, 0.2) is 0 Å². The van der Waals surface area contributed by atoms with Crippen LogP contribution in [0.5, 0.6) is 0 Å². The highest BCUT2D eigenvalue weighted by atomic mass is 16.3. The van der Waals surface area contributed by atoms with Crippen molar-refractivity contribution in [3.05, 3.63) is 35.9 Å². The molecule has 1 unspecified atom stereocenters. The van der Waals surface area contributed by atoms with Gasteiger partial charge in [-0.05, 0) is 17.9 Å². The van der Waals surface area contributed by atoms with Crippen LogP contribution in [0.2, 0.25) is 0 Å². The SMILES string of the molecule is CC(C)C(O)C(=O)NCCc1ccccc1. The molecule has 0 radical (unpaired) electrons. The fraction of sp³-hybridized carbons (Fsp3) is 0.462. The number of carbonyl (C=O) groups is 1. The first-order valence-corrected chi connectivity index (χ1v) is 5.61. The van der Waals surface area contributed by atoms with Gasteiger partial charge < -0.3 is 10.4 Å². The predicted octanol–water partition coefficient (Wildman–Crippen LogP) is 1.36. The number of carbonyl (C=O) groups excluding carboxylic acids is 1. The van der Waals surface area contributed by atoms with Crippen molar-refractivity contribution in [3.8, 4) is 0 Å². The van der Waals surface area contributed by atoms with Gasteiger partial charge in [-0.15, -0.1) is 0 Å². The van der Waals surface area contributed by atoms with E-state index in [9.17, 15) is 9.90 Å². The molecule has 88 valence electrons. The van der Waals surface area contributed by atoms with E-state index in [4.69, 9.17) is 0 Å². The van der Waals surface area contributed by atoms with Crippen molar-refractivity contribution in [3.63, 3.8) is 0 Å². The maximum atomic E-state index is 11.4. The lowest BCUT2D eigenvalue weighted by Gasteiger charge is -2.14. The number of benzene rings is 1. The molecular formula is C13H19NO2. The molecule has 0 spiro atoms. The molecule has 0 saturated carbocycles. The number of rotatable bonds is 5. The Morgan fingerprint density at radius 2 is 1.94 bits per heavy atom. The monoisotopic (exact) mass is 221 g/mol. The molecule has 0 fully saturated rings. The van der Waals surface area contributed by atoms with Gasteiger partial charge >= 0.3 is 0 Å². The maximum Gasteiger partial charge on any atom is 0.249 e. The van der Waals surface area contributed by atoms with Gasteiger partial charge in [-0.25, -0.2) is 0 Å². The molecule has 0 bridgehead atoms. The Labute approximate surface area is 96.5 Å². The van der Waals surface area contributed by atoms with Gasteiger partial charge in [-0.3, -0.25) is 4.79 Å². The number of hydrogen-bond donors (Lipinski definition) is 2. The molecule has 1 rings (SSSR count). The second kappa shape index (κ2) is 6.28. The van der Waals surface area contributed by atoms with Gasteiger partial charge in [0.1, 0.15) is 6.10 Å². The third-order valence-corrected chi connectivity index (χ3v) is 2.46. The summed E-state index contributed by atoms with van der Waals surface area (Å²) in [5.41, 5.74) is 1.18. The number of aliphatic hydroxyl groups is 1. The van der Waals surface area contributed by atoms with E-state index in [1.807, 2.05) is 44.2 Å². The van der Waals surface area contributed by atoms with Gasteiger partial charge in [0.25, 0.3) is 0 Å². The molecule has 2 N–H and O–H groups in total. The summed E-state index contributed by atoms with van der Waals surface area (Å²) in [5.74, 6) is -0.331. The molecule has 0 heterocycles. The first-order chi connectivity index (χ1) is 7.61. The summed E-state index contributed by atoms with van der Waals surface area (Å²) in [5, 5.41) is 12.2. The molecule has 3 heteroatoms. The topological polar surface area (TPSA) is 49.3 Å². The Hall–Kier alpha value is -1.35. The predicted molar refractivity (Wildman–Crippen MR) is 64.0 cm³/mol. The standard InChI is InChI=1S/C13H19NO2/c1-10(2)12(15)13(16)14-9-8-11-6-4-3-5-7-11/h3-7,10,12,15H,8-9H2,1-2H3,(H,14,16). The van der Waals surface area contributed by atoms with Gasteiger partial charge in [-0.2, -0.15) is 0 Å². The number of nitrogens with one attached hydrogen (secondary N) is 1. The van der Waals surface area contributed by atoms with E-state index in [0.29, 0.717) is 6.54 Å². The highest BCUT2D eigenvalue weighted by Gasteiger charge is 2.17. The normalized spacial score (nSPS) is 12.5. The molecule has 1 amide bonds. The van der Waals surface area contributed by atoms with Crippen LogP contribution in [0.25, 0.3) is 0 Å². The quantitative estimate of drug-likeness (QED) is 0.788. The molecule has 1 atom stereocenters. The summed E-state index contributed by atoms with van der Waals surface area (Å²) in [7, 11) is 0. The molecule has 1 aromatic rings. The number of amides is 1. The lowest BCUT2D eigenvalue weighted by molar-refractivity contribution is -0.131. The van der Waals surface area contributed by atoms with Crippen molar-refractivity contribution in [1.29, 1.82) is 0 Å². The smallest absolute Gasteiger partial charge is 0.249 e. The lowest BCUT2D eigenvalue weighted by Crippen LogP contribution is -2.38. The summed E-state index contributed by atoms with van der Waals surface area (Å²) in [6.45, 7) is 4.20. The van der Waals surface area contributed by atoms with Crippen molar-refractivity contribution < 1.29 is 9.90 Å². The van der Waals surface area contributed by atoms with Crippen molar-refractivity contribution >= 4 is 5.91 Å². The van der Waals surface area contributed by atoms with Crippen molar-refractivity contribution in [2.45, 2.75) is 26.4 Å². The second-order valence-corrected chi connectivity index (χ2v) is 4.22. The molecule has 0 aliphatic carbocycles. The zero-order chi connectivity index (χ0) is 12.0. The highest BCUT2D eigenvalue weighted by Crippen LogP contribution is 2.01. The number of hydrogen-bond acceptors (Lipinski definition) is 2. The van der Waals surface area contributed by atoms with Crippen LogP contribution in [0.4, 0.5) is 0 Å². The van der Waals surface area contributed by atoms with Crippen molar-refractivity contribution in [2.75, 3.05) is 6.54 Å². The molecule has 16 heavy (non-hydrogen) atoms. The Morgan fingerprint density at radius 3 is 2.50 bits per heavy atom. The largest absolute Gasteiger partial charge is 0.383 e. The van der Waals surface area contributed by atoms with Gasteiger partial charge in [0.05, 0.1) is 0 Å². The number of aliphatic hydroxyl groups excluding tert-OH is 1. The summed E-state index contributed by atoms with van der Waals surface area (Å²) in [6.07, 6.45) is -0.118. The van der Waals surface area contributed by atoms with Crippen LogP contribution < -0.4 is 5.32 Å². The highest BCUT2D eigenvalue weighted by molar-refractivity contribution is 5.80. The minimum Gasteiger partial charge on any atom is -0.383 e. The van der Waals surface area contributed by atoms with E-state index in [-0.39, 0.29) is 11.8 Å². The fourth-order valence-electron chi connectivity index (χ4n) is 1.38. The van der Waals surface area contributed by atoms with E-state index in [1.54, 1.807) is 0 Å². The first-order valence-electron chi connectivity index (χ1n) is 5.61. The summed E-state index contributed by atoms with van der Waals surface area (Å²) in [4.78, 5) is 11.4. The van der Waals surface area contributed by atoms with E-state index >= 15 is 0 Å². The minimum absolute atomic E-state index is 0.0447. The minimum atomic E-state index is -0.907. The average Bonchev–Trinajstić information content (AvgIpc) is 2.29. The zero-order valence-electron chi connectivity index (χ0n) is 9.81. The van der Waals surface area contributed by atoms with Gasteiger partial charge in [0.2, 0.25) is 5.91 Å². The lowest BCUT2D eigenvalue weighted by atomic mass is 10.1. The van der Waals surface area contributed by atoms with Crippen LogP contribution in [0, 0.1) is 5.92 Å². The van der Waals surface area contributed by atoms with E-state index in [0.717, 1.165) is 6.42 Å². The maximum absolute atomic E-state index is 11.4. The van der Waals surface area contributed by atoms with E-state index in [2.05, 4.69) is 5.32 Å². The average molecular weight is 221 g/mol. The second-order valence-electron chi connectivity index (χ2n) is 4.22. The van der Waals surface area contributed by atoms with Crippen LogP contribution in [0.15, 0.2) is 30.3 Å². The molecule has 0 aliphatic heterocycles. The Bertz CT molecular complexity index is 322. The van der Waals surface area contributed by atoms with Crippen LogP contribution in [0.3, 0.4) is 0 Å². The van der Waals surface area contributed by atoms with Gasteiger partial charge in [0, 0.05) is 6.54 Å². The molecule has 3 nitrogen and oxygen atoms in total. The molecule has 0 aromatic heterocycles. The van der Waals surface area contributed by atoms with Crippen LogP contribution in [-0.4, -0.2) is 23.7 Å². The van der Waals surface area contributed by atoms with E-state index in [1.165, 1.54) is 5.56 Å². The molecule has 0 saturated heterocycles. The van der Waals surface area contributed by atoms with Gasteiger partial charge in [-0.1, -0.05) is 44.2 Å². The molecular weight excluding hydrogens is 202 g/mol. The van der Waals surface area contributed by atoms with Crippen LogP contribution >= 0.6 is 0 Å². The molecule has 0 aliphatic rings. The third-order valence-electron chi connectivity index (χ3n) is 2.46. The Kier molecular flexibility index (Phi) is 4.99.